The molecule has 4 N–H and O–H groups in total. The molecule has 0 saturated carbocycles. The lowest BCUT2D eigenvalue weighted by Gasteiger charge is -2.38. The molecule has 1 fully saturated rings. The maximum absolute atomic E-state index is 12.7. The minimum absolute atomic E-state index is 0.106. The van der Waals surface area contributed by atoms with Crippen LogP contribution in [0.2, 0.25) is 0 Å². The largest absolute Gasteiger partial charge is 0.479 e. The summed E-state index contributed by atoms with van der Waals surface area (Å²) in [4.78, 5) is 36.6. The van der Waals surface area contributed by atoms with Crippen LogP contribution in [0.15, 0.2) is 85.1 Å². The van der Waals surface area contributed by atoms with Crippen molar-refractivity contribution in [2.24, 2.45) is 0 Å². The lowest BCUT2D eigenvalue weighted by Crippen LogP contribution is -2.60. The van der Waals surface area contributed by atoms with Crippen molar-refractivity contribution >= 4 is 17.9 Å². The van der Waals surface area contributed by atoms with Crippen molar-refractivity contribution in [3.05, 3.63) is 85.1 Å². The molecular weight excluding hydrogens is 692 g/mol. The van der Waals surface area contributed by atoms with Gasteiger partial charge in [-0.2, -0.15) is 0 Å². The second-order valence-electron chi connectivity index (χ2n) is 13.0. The van der Waals surface area contributed by atoms with E-state index in [0.717, 1.165) is 77.0 Å². The fourth-order valence-electron chi connectivity index (χ4n) is 5.20. The van der Waals surface area contributed by atoms with Gasteiger partial charge in [-0.1, -0.05) is 118 Å². The molecule has 1 aliphatic heterocycles. The van der Waals surface area contributed by atoms with Crippen molar-refractivity contribution in [3.63, 3.8) is 0 Å². The van der Waals surface area contributed by atoms with Crippen LogP contribution < -0.4 is 0 Å². The SMILES string of the molecule is CC/C=C\C/C=C\C/C=C\C/C=C\CCC(=O)OCC(COC1OC(C(=O)O)C(O)C(O)C1O)OC(=O)CCCCCCC/C=C\C/C=C\C/C=C\CC. The van der Waals surface area contributed by atoms with Gasteiger partial charge in [-0.3, -0.25) is 9.59 Å². The molecule has 0 aliphatic carbocycles. The van der Waals surface area contributed by atoms with Gasteiger partial charge in [-0.05, 0) is 70.6 Å². The highest BCUT2D eigenvalue weighted by atomic mass is 16.7. The third-order valence-corrected chi connectivity index (χ3v) is 8.25. The van der Waals surface area contributed by atoms with E-state index in [9.17, 15) is 34.8 Å². The number of carbonyl (C=O) groups is 3. The minimum atomic E-state index is -1.88. The highest BCUT2D eigenvalue weighted by molar-refractivity contribution is 5.73. The number of hydrogen-bond donors (Lipinski definition) is 4. The smallest absolute Gasteiger partial charge is 0.335 e. The van der Waals surface area contributed by atoms with Gasteiger partial charge in [0.1, 0.15) is 24.9 Å². The summed E-state index contributed by atoms with van der Waals surface area (Å²) >= 11 is 0. The number of carbonyl (C=O) groups excluding carboxylic acids is 2. The van der Waals surface area contributed by atoms with Gasteiger partial charge in [0.2, 0.25) is 0 Å². The van der Waals surface area contributed by atoms with Gasteiger partial charge in [0.25, 0.3) is 0 Å². The van der Waals surface area contributed by atoms with Crippen LogP contribution in [0.3, 0.4) is 0 Å². The average molecular weight is 759 g/mol. The maximum atomic E-state index is 12.7. The summed E-state index contributed by atoms with van der Waals surface area (Å²) in [6.07, 6.45) is 32.3. The van der Waals surface area contributed by atoms with Gasteiger partial charge in [0, 0.05) is 12.8 Å². The van der Waals surface area contributed by atoms with Gasteiger partial charge >= 0.3 is 17.9 Å². The van der Waals surface area contributed by atoms with Gasteiger partial charge in [0.05, 0.1) is 6.61 Å². The highest BCUT2D eigenvalue weighted by Gasteiger charge is 2.47. The number of ether oxygens (including phenoxy) is 4. The van der Waals surface area contributed by atoms with E-state index < -0.39 is 61.3 Å². The summed E-state index contributed by atoms with van der Waals surface area (Å²) < 4.78 is 21.5. The van der Waals surface area contributed by atoms with Crippen LogP contribution in [0, 0.1) is 0 Å². The number of aliphatic carboxylic acids is 1. The van der Waals surface area contributed by atoms with Crippen LogP contribution in [0.4, 0.5) is 0 Å². The molecule has 0 aromatic heterocycles. The van der Waals surface area contributed by atoms with E-state index in [-0.39, 0.29) is 19.4 Å². The molecule has 54 heavy (non-hydrogen) atoms. The molecule has 0 amide bonds. The van der Waals surface area contributed by atoms with Gasteiger partial charge in [0.15, 0.2) is 18.5 Å². The first kappa shape index (κ1) is 48.4. The van der Waals surface area contributed by atoms with E-state index in [4.69, 9.17) is 18.9 Å². The lowest BCUT2D eigenvalue weighted by molar-refractivity contribution is -0.298. The van der Waals surface area contributed by atoms with Crippen molar-refractivity contribution in [2.75, 3.05) is 13.2 Å². The molecule has 304 valence electrons. The number of unbranched alkanes of at least 4 members (excludes halogenated alkanes) is 5. The van der Waals surface area contributed by atoms with Crippen molar-refractivity contribution in [2.45, 2.75) is 153 Å². The lowest BCUT2D eigenvalue weighted by atomic mass is 9.99. The molecule has 1 rings (SSSR count). The first-order valence-electron chi connectivity index (χ1n) is 19.6. The molecule has 1 saturated heterocycles. The predicted octanol–water partition coefficient (Wildman–Crippen LogP) is 7.53. The third kappa shape index (κ3) is 24.7. The Bertz CT molecular complexity index is 1220. The van der Waals surface area contributed by atoms with Crippen LogP contribution in [-0.2, 0) is 33.3 Å². The van der Waals surface area contributed by atoms with E-state index in [1.54, 1.807) is 0 Å². The Labute approximate surface area is 322 Å². The van der Waals surface area contributed by atoms with E-state index in [2.05, 4.69) is 86.8 Å². The molecule has 0 spiro atoms. The van der Waals surface area contributed by atoms with Crippen molar-refractivity contribution in [1.82, 2.24) is 0 Å². The van der Waals surface area contributed by atoms with Crippen LogP contribution in [0.1, 0.15) is 117 Å². The Balaban J connectivity index is 2.50. The van der Waals surface area contributed by atoms with E-state index in [1.807, 2.05) is 12.2 Å². The monoisotopic (exact) mass is 758 g/mol. The van der Waals surface area contributed by atoms with Crippen LogP contribution in [-0.4, -0.2) is 88.4 Å². The predicted molar refractivity (Wildman–Crippen MR) is 210 cm³/mol. The Morgan fingerprint density at radius 2 is 1.07 bits per heavy atom. The molecular formula is C43H66O11. The molecule has 11 heteroatoms. The molecule has 11 nitrogen and oxygen atoms in total. The number of carboxylic acid groups (broad SMARTS) is 1. The summed E-state index contributed by atoms with van der Waals surface area (Å²) in [5, 5.41) is 39.7. The average Bonchev–Trinajstić information content (AvgIpc) is 3.15. The number of rotatable bonds is 30. The molecule has 6 unspecified atom stereocenters. The molecule has 0 radical (unpaired) electrons. The number of aliphatic hydroxyl groups excluding tert-OH is 3. The van der Waals surface area contributed by atoms with E-state index in [0.29, 0.717) is 12.8 Å². The standard InChI is InChI=1S/C43H66O11/c1-3-5-7-9-11-13-15-17-18-20-22-24-26-28-30-32-37(45)53-35(34-52-43-40(48)38(46)39(47)41(54-43)42(49)50)33-51-36(44)31-29-27-25-23-21-19-16-14-12-10-8-6-4-2/h5-8,11-14,17-19,21,25,27,35,38-41,43,46-48H,3-4,9-10,15-16,20,22-24,26,28-34H2,1-2H3,(H,49,50)/b7-5-,8-6-,13-11-,14-12-,18-17-,21-19-,27-25-. The quantitative estimate of drug-likeness (QED) is 0.0325. The normalized spacial score (nSPS) is 21.5. The highest BCUT2D eigenvalue weighted by Crippen LogP contribution is 2.23. The van der Waals surface area contributed by atoms with E-state index in [1.165, 1.54) is 0 Å². The molecule has 0 bridgehead atoms. The number of carboxylic acids is 1. The van der Waals surface area contributed by atoms with Crippen molar-refractivity contribution in [1.29, 1.82) is 0 Å². The molecule has 0 aromatic carbocycles. The topological polar surface area (TPSA) is 169 Å². The fraction of sp³-hybridized carbons (Fsp3) is 0.605. The molecule has 6 atom stereocenters. The number of hydrogen-bond acceptors (Lipinski definition) is 10. The second-order valence-corrected chi connectivity index (χ2v) is 13.0. The maximum Gasteiger partial charge on any atom is 0.335 e. The first-order chi connectivity index (χ1) is 26.2. The number of esters is 2. The van der Waals surface area contributed by atoms with Crippen molar-refractivity contribution < 1.29 is 53.8 Å². The minimum Gasteiger partial charge on any atom is -0.479 e. The zero-order chi connectivity index (χ0) is 39.7. The summed E-state index contributed by atoms with van der Waals surface area (Å²) in [5.41, 5.74) is 0. The van der Waals surface area contributed by atoms with Crippen LogP contribution in [0.5, 0.6) is 0 Å². The van der Waals surface area contributed by atoms with Crippen LogP contribution in [0.25, 0.3) is 0 Å². The van der Waals surface area contributed by atoms with Gasteiger partial charge in [-0.25, -0.2) is 4.79 Å². The number of aliphatic hydroxyl groups is 3. The number of allylic oxidation sites excluding steroid dienone is 14. The Kier molecular flexibility index (Phi) is 29.4. The molecule has 1 aliphatic rings. The molecule has 1 heterocycles. The Morgan fingerprint density at radius 3 is 1.63 bits per heavy atom. The Morgan fingerprint density at radius 1 is 0.574 bits per heavy atom. The third-order valence-electron chi connectivity index (χ3n) is 8.25. The van der Waals surface area contributed by atoms with Gasteiger partial charge < -0.3 is 39.4 Å². The summed E-state index contributed by atoms with van der Waals surface area (Å²) in [5.74, 6) is -2.59. The fourth-order valence-corrected chi connectivity index (χ4v) is 5.20. The molecule has 0 aromatic rings. The van der Waals surface area contributed by atoms with Crippen molar-refractivity contribution in [3.8, 4) is 0 Å². The Hall–Kier alpha value is -3.61. The van der Waals surface area contributed by atoms with Crippen LogP contribution >= 0.6 is 0 Å². The summed E-state index contributed by atoms with van der Waals surface area (Å²) in [6.45, 7) is 3.46. The summed E-state index contributed by atoms with van der Waals surface area (Å²) in [6, 6.07) is 0. The first-order valence-corrected chi connectivity index (χ1v) is 19.6. The summed E-state index contributed by atoms with van der Waals surface area (Å²) in [7, 11) is 0. The zero-order valence-corrected chi connectivity index (χ0v) is 32.4. The van der Waals surface area contributed by atoms with Gasteiger partial charge in [-0.15, -0.1) is 0 Å². The zero-order valence-electron chi connectivity index (χ0n) is 32.4. The second kappa shape index (κ2) is 32.8. The van der Waals surface area contributed by atoms with E-state index >= 15 is 0 Å².